The molecule has 5 heteroatoms. The highest BCUT2D eigenvalue weighted by Gasteiger charge is 2.18. The Labute approximate surface area is 163 Å². The molecular formula is C23H20O5. The molecule has 0 atom stereocenters. The number of hydrogen-bond donors (Lipinski definition) is 0. The Hall–Kier alpha value is -3.73. The van der Waals surface area contributed by atoms with E-state index in [0.29, 0.717) is 22.8 Å². The molecule has 0 saturated heterocycles. The summed E-state index contributed by atoms with van der Waals surface area (Å²) in [6, 6.07) is 23.9. The second kappa shape index (κ2) is 9.28. The van der Waals surface area contributed by atoms with Gasteiger partial charge in [-0.2, -0.15) is 0 Å². The molecule has 0 N–H and O–H groups in total. The van der Waals surface area contributed by atoms with Crippen molar-refractivity contribution in [3.8, 4) is 23.0 Å². The van der Waals surface area contributed by atoms with Gasteiger partial charge < -0.3 is 18.9 Å². The van der Waals surface area contributed by atoms with Gasteiger partial charge in [0.25, 0.3) is 0 Å². The van der Waals surface area contributed by atoms with E-state index in [9.17, 15) is 4.79 Å². The van der Waals surface area contributed by atoms with Gasteiger partial charge in [-0.25, -0.2) is 4.79 Å². The molecule has 0 saturated carbocycles. The average Bonchev–Trinajstić information content (AvgIpc) is 2.73. The molecule has 0 aliphatic carbocycles. The maximum absolute atomic E-state index is 12.1. The summed E-state index contributed by atoms with van der Waals surface area (Å²) in [5.41, 5.74) is 0.822. The van der Waals surface area contributed by atoms with E-state index < -0.39 is 5.97 Å². The molecule has 0 unspecified atom stereocenters. The molecule has 3 rings (SSSR count). The minimum Gasteiger partial charge on any atom is -0.503 e. The Morgan fingerprint density at radius 2 is 1.39 bits per heavy atom. The lowest BCUT2D eigenvalue weighted by molar-refractivity contribution is -0.133. The van der Waals surface area contributed by atoms with Crippen LogP contribution in [0, 0.1) is 0 Å². The summed E-state index contributed by atoms with van der Waals surface area (Å²) in [5.74, 6) is 1.92. The molecule has 0 spiro atoms. The minimum atomic E-state index is -0.515. The lowest BCUT2D eigenvalue weighted by Crippen LogP contribution is -2.05. The predicted molar refractivity (Wildman–Crippen MR) is 106 cm³/mol. The van der Waals surface area contributed by atoms with Gasteiger partial charge in [-0.3, -0.25) is 0 Å². The highest BCUT2D eigenvalue weighted by molar-refractivity contribution is 6.17. The van der Waals surface area contributed by atoms with Crippen LogP contribution in [0.25, 0.3) is 5.57 Å². The fraction of sp³-hybridized carbons (Fsp3) is 0.0870. The van der Waals surface area contributed by atoms with Gasteiger partial charge in [0.05, 0.1) is 20.5 Å². The third-order valence-corrected chi connectivity index (χ3v) is 3.83. The van der Waals surface area contributed by atoms with Crippen LogP contribution >= 0.6 is 0 Å². The molecule has 3 aromatic rings. The van der Waals surface area contributed by atoms with Crippen molar-refractivity contribution >= 4 is 11.5 Å². The minimum absolute atomic E-state index is 0.261. The summed E-state index contributed by atoms with van der Waals surface area (Å²) in [4.78, 5) is 12.1. The molecule has 0 aliphatic rings. The van der Waals surface area contributed by atoms with Gasteiger partial charge in [0, 0.05) is 11.6 Å². The molecule has 0 fully saturated rings. The summed E-state index contributed by atoms with van der Waals surface area (Å²) in [7, 11) is 2.79. The largest absolute Gasteiger partial charge is 0.503 e. The van der Waals surface area contributed by atoms with Gasteiger partial charge in [-0.1, -0.05) is 42.5 Å². The molecule has 0 aliphatic heterocycles. The van der Waals surface area contributed by atoms with Crippen molar-refractivity contribution in [2.75, 3.05) is 14.2 Å². The number of carbonyl (C=O) groups excluding carboxylic acids is 1. The number of methoxy groups -OCH3 is 2. The average molecular weight is 376 g/mol. The Bertz CT molecular complexity index is 963. The standard InChI is InChI=1S/C23H20O5/c1-25-16-21(23(24)26-2)20-13-6-7-14-22(20)28-19-12-8-11-18(15-19)27-17-9-4-3-5-10-17/h3-16H,1-2H3. The molecule has 0 amide bonds. The first kappa shape index (κ1) is 19.0. The van der Waals surface area contributed by atoms with Gasteiger partial charge in [0.15, 0.2) is 0 Å². The number of hydrogen-bond acceptors (Lipinski definition) is 5. The van der Waals surface area contributed by atoms with Crippen molar-refractivity contribution in [3.05, 3.63) is 90.7 Å². The van der Waals surface area contributed by atoms with Crippen molar-refractivity contribution in [2.45, 2.75) is 0 Å². The van der Waals surface area contributed by atoms with E-state index in [0.717, 1.165) is 5.75 Å². The second-order valence-electron chi connectivity index (χ2n) is 5.75. The van der Waals surface area contributed by atoms with Crippen LogP contribution in [0.3, 0.4) is 0 Å². The van der Waals surface area contributed by atoms with E-state index in [1.165, 1.54) is 20.5 Å². The van der Waals surface area contributed by atoms with Crippen LogP contribution in [0.2, 0.25) is 0 Å². The molecule has 0 radical (unpaired) electrons. The first-order valence-electron chi connectivity index (χ1n) is 8.63. The fourth-order valence-corrected chi connectivity index (χ4v) is 2.58. The van der Waals surface area contributed by atoms with E-state index in [1.54, 1.807) is 18.2 Å². The molecule has 0 aromatic heterocycles. The van der Waals surface area contributed by atoms with E-state index in [2.05, 4.69) is 0 Å². The zero-order valence-corrected chi connectivity index (χ0v) is 15.6. The summed E-state index contributed by atoms with van der Waals surface area (Å²) in [5, 5.41) is 0. The van der Waals surface area contributed by atoms with Crippen molar-refractivity contribution in [3.63, 3.8) is 0 Å². The van der Waals surface area contributed by atoms with E-state index in [1.807, 2.05) is 60.7 Å². The number of ether oxygens (including phenoxy) is 4. The molecule has 0 bridgehead atoms. The monoisotopic (exact) mass is 376 g/mol. The number of para-hydroxylation sites is 2. The molecule has 3 aromatic carbocycles. The highest BCUT2D eigenvalue weighted by atomic mass is 16.5. The Kier molecular flexibility index (Phi) is 6.31. The number of carbonyl (C=O) groups is 1. The fourth-order valence-electron chi connectivity index (χ4n) is 2.58. The maximum Gasteiger partial charge on any atom is 0.341 e. The zero-order chi connectivity index (χ0) is 19.8. The van der Waals surface area contributed by atoms with Crippen LogP contribution in [0.15, 0.2) is 85.1 Å². The summed E-state index contributed by atoms with van der Waals surface area (Å²) in [6.45, 7) is 0. The van der Waals surface area contributed by atoms with Crippen molar-refractivity contribution in [1.29, 1.82) is 0 Å². The zero-order valence-electron chi connectivity index (χ0n) is 15.6. The normalized spacial score (nSPS) is 10.9. The number of benzene rings is 3. The number of rotatable bonds is 7. The quantitative estimate of drug-likeness (QED) is 0.313. The van der Waals surface area contributed by atoms with E-state index >= 15 is 0 Å². The first-order chi connectivity index (χ1) is 13.7. The summed E-state index contributed by atoms with van der Waals surface area (Å²) < 4.78 is 21.7. The van der Waals surface area contributed by atoms with Crippen molar-refractivity contribution in [2.24, 2.45) is 0 Å². The lowest BCUT2D eigenvalue weighted by Gasteiger charge is -2.13. The smallest absolute Gasteiger partial charge is 0.341 e. The van der Waals surface area contributed by atoms with E-state index in [4.69, 9.17) is 18.9 Å². The third kappa shape index (κ3) is 4.71. The van der Waals surface area contributed by atoms with Gasteiger partial charge >= 0.3 is 5.97 Å². The van der Waals surface area contributed by atoms with Crippen LogP contribution in [0.4, 0.5) is 0 Å². The summed E-state index contributed by atoms with van der Waals surface area (Å²) in [6.07, 6.45) is 1.34. The molecular weight excluding hydrogens is 356 g/mol. The van der Waals surface area contributed by atoms with Gasteiger partial charge in [0.1, 0.15) is 28.6 Å². The summed E-state index contributed by atoms with van der Waals surface area (Å²) >= 11 is 0. The van der Waals surface area contributed by atoms with E-state index in [-0.39, 0.29) is 5.57 Å². The van der Waals surface area contributed by atoms with Crippen LogP contribution in [0.5, 0.6) is 23.0 Å². The van der Waals surface area contributed by atoms with Gasteiger partial charge in [0.2, 0.25) is 0 Å². The third-order valence-electron chi connectivity index (χ3n) is 3.83. The van der Waals surface area contributed by atoms with Gasteiger partial charge in [-0.15, -0.1) is 0 Å². The molecule has 28 heavy (non-hydrogen) atoms. The SMILES string of the molecule is COC=C(C(=O)OC)c1ccccc1Oc1cccc(Oc2ccccc2)c1. The van der Waals surface area contributed by atoms with Gasteiger partial charge in [-0.05, 0) is 30.3 Å². The Balaban J connectivity index is 1.87. The predicted octanol–water partition coefficient (Wildman–Crippen LogP) is 5.43. The van der Waals surface area contributed by atoms with Crippen molar-refractivity contribution < 1.29 is 23.7 Å². The number of esters is 1. The van der Waals surface area contributed by atoms with Crippen LogP contribution in [-0.2, 0) is 14.3 Å². The molecule has 142 valence electrons. The maximum atomic E-state index is 12.1. The van der Waals surface area contributed by atoms with Crippen LogP contribution in [-0.4, -0.2) is 20.2 Å². The van der Waals surface area contributed by atoms with Crippen LogP contribution < -0.4 is 9.47 Å². The molecule has 5 nitrogen and oxygen atoms in total. The lowest BCUT2D eigenvalue weighted by atomic mass is 10.1. The molecule has 0 heterocycles. The highest BCUT2D eigenvalue weighted by Crippen LogP contribution is 2.33. The van der Waals surface area contributed by atoms with Crippen molar-refractivity contribution in [1.82, 2.24) is 0 Å². The Morgan fingerprint density at radius 1 is 0.750 bits per heavy atom. The first-order valence-corrected chi connectivity index (χ1v) is 8.63. The topological polar surface area (TPSA) is 54.0 Å². The second-order valence-corrected chi connectivity index (χ2v) is 5.75. The Morgan fingerprint density at radius 3 is 2.11 bits per heavy atom. The van der Waals surface area contributed by atoms with Crippen LogP contribution in [0.1, 0.15) is 5.56 Å².